The number of fused-ring (bicyclic) bond motifs is 2. The first-order chi connectivity index (χ1) is 9.41. The lowest BCUT2D eigenvalue weighted by Gasteiger charge is -2.51. The summed E-state index contributed by atoms with van der Waals surface area (Å²) in [6.45, 7) is 0.706. The maximum atomic E-state index is 12.6. The molecule has 0 amide bonds. The molecule has 1 unspecified atom stereocenters. The van der Waals surface area contributed by atoms with E-state index in [1.165, 1.54) is 28.6 Å². The predicted molar refractivity (Wildman–Crippen MR) is 71.4 cm³/mol. The Morgan fingerprint density at radius 1 is 1.25 bits per heavy atom. The van der Waals surface area contributed by atoms with Crippen molar-refractivity contribution in [3.05, 3.63) is 34.4 Å². The standard InChI is InChI=1S/C12H15N3O4S/c13-12-8-5-9(12)7-14(6-8)20(18,19)11-4-2-1-3-10(11)15(16)17/h1-4,8-9,12H,5-7,13H2/t8-,9+,12?. The average molecular weight is 297 g/mol. The Hall–Kier alpha value is -1.51. The third-order valence-corrected chi connectivity index (χ3v) is 6.13. The van der Waals surface area contributed by atoms with Gasteiger partial charge in [-0.3, -0.25) is 10.1 Å². The zero-order valence-electron chi connectivity index (χ0n) is 10.7. The summed E-state index contributed by atoms with van der Waals surface area (Å²) in [5.41, 5.74) is 5.54. The Morgan fingerprint density at radius 3 is 2.40 bits per heavy atom. The van der Waals surface area contributed by atoms with Crippen LogP contribution in [0.2, 0.25) is 0 Å². The minimum Gasteiger partial charge on any atom is -0.327 e. The molecule has 1 aromatic rings. The van der Waals surface area contributed by atoms with Crippen LogP contribution in [0, 0.1) is 22.0 Å². The molecule has 2 N–H and O–H groups in total. The maximum Gasteiger partial charge on any atom is 0.289 e. The molecule has 4 rings (SSSR count). The topological polar surface area (TPSA) is 107 Å². The minimum absolute atomic E-state index is 0.0622. The quantitative estimate of drug-likeness (QED) is 0.648. The van der Waals surface area contributed by atoms with E-state index in [0.717, 1.165) is 6.42 Å². The summed E-state index contributed by atoms with van der Waals surface area (Å²) in [5, 5.41) is 11.0. The van der Waals surface area contributed by atoms with Crippen LogP contribution in [0.3, 0.4) is 0 Å². The molecule has 0 radical (unpaired) electrons. The van der Waals surface area contributed by atoms with Crippen LogP contribution < -0.4 is 5.73 Å². The number of hydrogen-bond acceptors (Lipinski definition) is 5. The van der Waals surface area contributed by atoms with E-state index >= 15 is 0 Å². The number of para-hydroxylation sites is 1. The van der Waals surface area contributed by atoms with E-state index in [1.807, 2.05) is 0 Å². The summed E-state index contributed by atoms with van der Waals surface area (Å²) in [4.78, 5) is 10.1. The van der Waals surface area contributed by atoms with E-state index in [1.54, 1.807) is 0 Å². The van der Waals surface area contributed by atoms with Crippen LogP contribution in [0.5, 0.6) is 0 Å². The second-order valence-electron chi connectivity index (χ2n) is 5.38. The van der Waals surface area contributed by atoms with Crippen molar-refractivity contribution < 1.29 is 13.3 Å². The molecule has 20 heavy (non-hydrogen) atoms. The predicted octanol–water partition coefficient (Wildman–Crippen LogP) is 0.562. The fourth-order valence-corrected chi connectivity index (χ4v) is 4.75. The minimum atomic E-state index is -3.83. The summed E-state index contributed by atoms with van der Waals surface area (Å²) in [5.74, 6) is 0.345. The number of piperidine rings is 2. The second kappa shape index (κ2) is 4.51. The van der Waals surface area contributed by atoms with Gasteiger partial charge >= 0.3 is 0 Å². The van der Waals surface area contributed by atoms with Crippen molar-refractivity contribution in [3.63, 3.8) is 0 Å². The Morgan fingerprint density at radius 2 is 1.85 bits per heavy atom. The summed E-state index contributed by atoms with van der Waals surface area (Å²) >= 11 is 0. The summed E-state index contributed by atoms with van der Waals surface area (Å²) in [7, 11) is -3.83. The molecule has 7 nitrogen and oxygen atoms in total. The lowest BCUT2D eigenvalue weighted by atomic mass is 9.67. The van der Waals surface area contributed by atoms with E-state index in [2.05, 4.69) is 0 Å². The first-order valence-corrected chi connectivity index (χ1v) is 7.84. The normalized spacial score (nSPS) is 29.8. The van der Waals surface area contributed by atoms with Gasteiger partial charge in [-0.1, -0.05) is 12.1 Å². The number of rotatable bonds is 3. The van der Waals surface area contributed by atoms with Crippen molar-refractivity contribution in [1.29, 1.82) is 0 Å². The van der Waals surface area contributed by atoms with Crippen molar-refractivity contribution in [2.45, 2.75) is 17.4 Å². The fourth-order valence-electron chi connectivity index (χ4n) is 3.04. The van der Waals surface area contributed by atoms with Gasteiger partial charge in [0.05, 0.1) is 4.92 Å². The number of nitrogens with two attached hydrogens (primary N) is 1. The van der Waals surface area contributed by atoms with Gasteiger partial charge in [0.25, 0.3) is 5.69 Å². The third-order valence-electron chi connectivity index (χ3n) is 4.25. The highest BCUT2D eigenvalue weighted by Crippen LogP contribution is 2.41. The Balaban J connectivity index is 1.95. The Kier molecular flexibility index (Phi) is 3.03. The molecule has 2 bridgehead atoms. The van der Waals surface area contributed by atoms with E-state index < -0.39 is 14.9 Å². The van der Waals surface area contributed by atoms with Crippen molar-refractivity contribution in [3.8, 4) is 0 Å². The van der Waals surface area contributed by atoms with Crippen molar-refractivity contribution in [1.82, 2.24) is 4.31 Å². The highest BCUT2D eigenvalue weighted by Gasteiger charge is 2.48. The molecule has 2 aliphatic heterocycles. The molecule has 8 heteroatoms. The molecule has 1 saturated carbocycles. The van der Waals surface area contributed by atoms with E-state index in [4.69, 9.17) is 5.73 Å². The zero-order chi connectivity index (χ0) is 14.5. The zero-order valence-corrected chi connectivity index (χ0v) is 11.5. The molecule has 1 aliphatic carbocycles. The number of benzene rings is 1. The molecule has 3 aliphatic rings. The number of nitro groups is 1. The largest absolute Gasteiger partial charge is 0.327 e. The third kappa shape index (κ3) is 1.91. The molecule has 0 aromatic heterocycles. The van der Waals surface area contributed by atoms with Crippen LogP contribution in [0.1, 0.15) is 6.42 Å². The van der Waals surface area contributed by atoms with Gasteiger partial charge in [-0.2, -0.15) is 4.31 Å². The molecule has 3 atom stereocenters. The number of sulfonamides is 1. The van der Waals surface area contributed by atoms with Crippen LogP contribution in [0.4, 0.5) is 5.69 Å². The highest BCUT2D eigenvalue weighted by atomic mass is 32.2. The van der Waals surface area contributed by atoms with Gasteiger partial charge in [-0.25, -0.2) is 8.42 Å². The second-order valence-corrected chi connectivity index (χ2v) is 7.29. The van der Waals surface area contributed by atoms with Crippen molar-refractivity contribution >= 4 is 15.7 Å². The van der Waals surface area contributed by atoms with Crippen LogP contribution in [-0.2, 0) is 10.0 Å². The SMILES string of the molecule is NC1[C@@H]2C[C@H]1CN(S(=O)(=O)c1ccccc1[N+](=O)[O-])C2. The maximum absolute atomic E-state index is 12.6. The van der Waals surface area contributed by atoms with Crippen LogP contribution in [-0.4, -0.2) is 36.8 Å². The van der Waals surface area contributed by atoms with Crippen molar-refractivity contribution in [2.24, 2.45) is 17.6 Å². The molecule has 2 heterocycles. The summed E-state index contributed by atoms with van der Waals surface area (Å²) < 4.78 is 26.5. The first-order valence-electron chi connectivity index (χ1n) is 6.40. The number of hydrogen-bond donors (Lipinski definition) is 1. The molecule has 1 aromatic carbocycles. The van der Waals surface area contributed by atoms with E-state index in [9.17, 15) is 18.5 Å². The van der Waals surface area contributed by atoms with Gasteiger partial charge in [0, 0.05) is 25.2 Å². The van der Waals surface area contributed by atoms with E-state index in [0.29, 0.717) is 13.1 Å². The van der Waals surface area contributed by atoms with Crippen LogP contribution in [0.25, 0.3) is 0 Å². The highest BCUT2D eigenvalue weighted by molar-refractivity contribution is 7.89. The first kappa shape index (κ1) is 13.5. The van der Waals surface area contributed by atoms with Gasteiger partial charge in [0.15, 0.2) is 4.90 Å². The van der Waals surface area contributed by atoms with Gasteiger partial charge in [0.1, 0.15) is 0 Å². The number of nitro benzene ring substituents is 1. The van der Waals surface area contributed by atoms with Gasteiger partial charge in [-0.05, 0) is 24.3 Å². The lowest BCUT2D eigenvalue weighted by Crippen LogP contribution is -2.62. The summed E-state index contributed by atoms with van der Waals surface area (Å²) in [6, 6.07) is 5.51. The smallest absolute Gasteiger partial charge is 0.289 e. The number of nitrogens with zero attached hydrogens (tertiary/aromatic N) is 2. The molecule has 0 spiro atoms. The molecular weight excluding hydrogens is 282 g/mol. The molecular formula is C12H15N3O4S. The average Bonchev–Trinajstić information content (AvgIpc) is 2.46. The van der Waals surface area contributed by atoms with Crippen molar-refractivity contribution in [2.75, 3.05) is 13.1 Å². The van der Waals surface area contributed by atoms with Gasteiger partial charge in [-0.15, -0.1) is 0 Å². The fraction of sp³-hybridized carbons (Fsp3) is 0.500. The monoisotopic (exact) mass is 297 g/mol. The molecule has 2 saturated heterocycles. The summed E-state index contributed by atoms with van der Waals surface area (Å²) in [6.07, 6.45) is 0.948. The van der Waals surface area contributed by atoms with Gasteiger partial charge < -0.3 is 5.73 Å². The van der Waals surface area contributed by atoms with Gasteiger partial charge in [0.2, 0.25) is 10.0 Å². The van der Waals surface area contributed by atoms with Crippen LogP contribution in [0.15, 0.2) is 29.2 Å². The Bertz CT molecular complexity index is 648. The lowest BCUT2D eigenvalue weighted by molar-refractivity contribution is -0.387. The van der Waals surface area contributed by atoms with Crippen LogP contribution >= 0.6 is 0 Å². The Labute approximate surface area is 116 Å². The molecule has 3 fully saturated rings. The molecule has 108 valence electrons. The van der Waals surface area contributed by atoms with E-state index in [-0.39, 0.29) is 28.5 Å².